The van der Waals surface area contributed by atoms with E-state index in [9.17, 15) is 9.59 Å². The molecular weight excluding hydrogens is 388 g/mol. The third-order valence-corrected chi connectivity index (χ3v) is 4.75. The van der Waals surface area contributed by atoms with Crippen LogP contribution < -0.4 is 15.6 Å². The van der Waals surface area contributed by atoms with E-state index < -0.39 is 5.91 Å². The minimum absolute atomic E-state index is 0.130. The summed E-state index contributed by atoms with van der Waals surface area (Å²) in [6.07, 6.45) is 0.182. The van der Waals surface area contributed by atoms with Crippen molar-refractivity contribution in [2.45, 2.75) is 12.3 Å². The maximum atomic E-state index is 12.6. The number of carbonyl (C=O) groups is 2. The number of hydrogen-bond acceptors (Lipinski definition) is 3. The number of halogens is 1. The molecule has 0 bridgehead atoms. The number of ether oxygens (including phenoxy) is 1. The summed E-state index contributed by atoms with van der Waals surface area (Å²) in [6.45, 7) is 0. The fraction of sp³-hybridized carbons (Fsp3) is 0.130. The van der Waals surface area contributed by atoms with Crippen molar-refractivity contribution in [3.05, 3.63) is 101 Å². The van der Waals surface area contributed by atoms with Crippen molar-refractivity contribution < 1.29 is 14.3 Å². The molecule has 0 saturated heterocycles. The molecule has 0 radical (unpaired) electrons. The molecule has 3 aromatic rings. The largest absolute Gasteiger partial charge is 0.496 e. The van der Waals surface area contributed by atoms with Crippen molar-refractivity contribution in [3.8, 4) is 5.75 Å². The average Bonchev–Trinajstić information content (AvgIpc) is 2.77. The Morgan fingerprint density at radius 2 is 1.48 bits per heavy atom. The summed E-state index contributed by atoms with van der Waals surface area (Å²) >= 11 is 5.96. The van der Waals surface area contributed by atoms with Crippen LogP contribution in [0, 0.1) is 0 Å². The SMILES string of the molecule is COc1ccc(Cl)cc1C(=O)NNC(=O)CC(c1ccccc1)c1ccccc1. The van der Waals surface area contributed by atoms with Crippen LogP contribution in [0.2, 0.25) is 5.02 Å². The maximum absolute atomic E-state index is 12.6. The van der Waals surface area contributed by atoms with Crippen LogP contribution in [0.25, 0.3) is 0 Å². The van der Waals surface area contributed by atoms with Crippen molar-refractivity contribution in [3.63, 3.8) is 0 Å². The highest BCUT2D eigenvalue weighted by Crippen LogP contribution is 2.27. The zero-order chi connectivity index (χ0) is 20.6. The van der Waals surface area contributed by atoms with E-state index >= 15 is 0 Å². The number of rotatable bonds is 6. The van der Waals surface area contributed by atoms with E-state index in [4.69, 9.17) is 16.3 Å². The normalized spacial score (nSPS) is 10.4. The van der Waals surface area contributed by atoms with Crippen LogP contribution in [0.4, 0.5) is 0 Å². The number of carbonyl (C=O) groups excluding carboxylic acids is 2. The first-order chi connectivity index (χ1) is 14.1. The minimum Gasteiger partial charge on any atom is -0.496 e. The molecule has 3 aromatic carbocycles. The molecule has 148 valence electrons. The van der Waals surface area contributed by atoms with E-state index in [0.717, 1.165) is 11.1 Å². The Morgan fingerprint density at radius 3 is 2.03 bits per heavy atom. The topological polar surface area (TPSA) is 67.4 Å². The number of hydrazine groups is 1. The highest BCUT2D eigenvalue weighted by molar-refractivity contribution is 6.31. The van der Waals surface area contributed by atoms with Gasteiger partial charge in [-0.15, -0.1) is 0 Å². The summed E-state index contributed by atoms with van der Waals surface area (Å²) < 4.78 is 5.18. The second-order valence-corrected chi connectivity index (χ2v) is 6.86. The number of benzene rings is 3. The monoisotopic (exact) mass is 408 g/mol. The van der Waals surface area contributed by atoms with Crippen LogP contribution in [0.1, 0.15) is 33.8 Å². The Morgan fingerprint density at radius 1 is 0.897 bits per heavy atom. The number of amides is 2. The highest BCUT2D eigenvalue weighted by atomic mass is 35.5. The summed E-state index contributed by atoms with van der Waals surface area (Å²) in [5.41, 5.74) is 7.20. The van der Waals surface area contributed by atoms with Crippen molar-refractivity contribution in [1.82, 2.24) is 10.9 Å². The Labute approximate surface area is 174 Å². The van der Waals surface area contributed by atoms with Crippen molar-refractivity contribution >= 4 is 23.4 Å². The van der Waals surface area contributed by atoms with Gasteiger partial charge in [-0.2, -0.15) is 0 Å². The van der Waals surface area contributed by atoms with Crippen LogP contribution in [-0.2, 0) is 4.79 Å². The molecular formula is C23H21ClN2O3. The summed E-state index contributed by atoms with van der Waals surface area (Å²) in [6, 6.07) is 24.3. The number of hydrogen-bond donors (Lipinski definition) is 2. The number of nitrogens with one attached hydrogen (secondary N) is 2. The lowest BCUT2D eigenvalue weighted by Crippen LogP contribution is -2.42. The van der Waals surface area contributed by atoms with Crippen LogP contribution in [0.15, 0.2) is 78.9 Å². The molecule has 0 atom stereocenters. The molecule has 2 amide bonds. The van der Waals surface area contributed by atoms with E-state index in [1.165, 1.54) is 13.2 Å². The van der Waals surface area contributed by atoms with Crippen LogP contribution in [0.5, 0.6) is 5.75 Å². The second kappa shape index (κ2) is 9.75. The Bertz CT molecular complexity index is 938. The molecule has 0 heterocycles. The van der Waals surface area contributed by atoms with Gasteiger partial charge in [-0.05, 0) is 29.3 Å². The second-order valence-electron chi connectivity index (χ2n) is 6.42. The predicted octanol–water partition coefficient (Wildman–Crippen LogP) is 4.33. The number of methoxy groups -OCH3 is 1. The zero-order valence-corrected chi connectivity index (χ0v) is 16.6. The first-order valence-electron chi connectivity index (χ1n) is 9.11. The van der Waals surface area contributed by atoms with Crippen molar-refractivity contribution in [1.29, 1.82) is 0 Å². The molecule has 3 rings (SSSR count). The first kappa shape index (κ1) is 20.4. The lowest BCUT2D eigenvalue weighted by Gasteiger charge is -2.18. The molecule has 2 N–H and O–H groups in total. The zero-order valence-electron chi connectivity index (χ0n) is 15.9. The van der Waals surface area contributed by atoms with E-state index in [0.29, 0.717) is 10.8 Å². The molecule has 0 spiro atoms. The smallest absolute Gasteiger partial charge is 0.273 e. The third kappa shape index (κ3) is 5.36. The molecule has 29 heavy (non-hydrogen) atoms. The van der Waals surface area contributed by atoms with Crippen LogP contribution in [-0.4, -0.2) is 18.9 Å². The van der Waals surface area contributed by atoms with Gasteiger partial charge in [0.05, 0.1) is 12.7 Å². The van der Waals surface area contributed by atoms with Crippen molar-refractivity contribution in [2.24, 2.45) is 0 Å². The van der Waals surface area contributed by atoms with Gasteiger partial charge in [0.25, 0.3) is 5.91 Å². The van der Waals surface area contributed by atoms with Crippen LogP contribution in [0.3, 0.4) is 0 Å². The Balaban J connectivity index is 1.70. The van der Waals surface area contributed by atoms with Gasteiger partial charge in [-0.3, -0.25) is 20.4 Å². The Hall–Kier alpha value is -3.31. The standard InChI is InChI=1S/C23H21ClN2O3/c1-29-21-13-12-18(24)14-20(21)23(28)26-25-22(27)15-19(16-8-4-2-5-9-16)17-10-6-3-7-11-17/h2-14,19H,15H2,1H3,(H,25,27)(H,26,28). The molecule has 0 unspecified atom stereocenters. The van der Waals surface area contributed by atoms with E-state index in [2.05, 4.69) is 10.9 Å². The lowest BCUT2D eigenvalue weighted by atomic mass is 9.88. The molecule has 0 aliphatic rings. The van der Waals surface area contributed by atoms with Gasteiger partial charge in [-0.25, -0.2) is 0 Å². The first-order valence-corrected chi connectivity index (χ1v) is 9.49. The Kier molecular flexibility index (Phi) is 6.87. The van der Waals surface area contributed by atoms with Crippen LogP contribution >= 0.6 is 11.6 Å². The molecule has 0 aliphatic heterocycles. The summed E-state index contributed by atoms with van der Waals surface area (Å²) in [7, 11) is 1.46. The van der Waals surface area contributed by atoms with E-state index in [1.54, 1.807) is 12.1 Å². The minimum atomic E-state index is -0.506. The summed E-state index contributed by atoms with van der Waals surface area (Å²) in [5, 5.41) is 0.399. The third-order valence-electron chi connectivity index (χ3n) is 4.52. The van der Waals surface area contributed by atoms with E-state index in [-0.39, 0.29) is 23.8 Å². The van der Waals surface area contributed by atoms with E-state index in [1.807, 2.05) is 60.7 Å². The quantitative estimate of drug-likeness (QED) is 0.596. The summed E-state index contributed by atoms with van der Waals surface area (Å²) in [4.78, 5) is 25.0. The molecule has 0 fully saturated rings. The molecule has 0 aromatic heterocycles. The molecule has 5 nitrogen and oxygen atoms in total. The predicted molar refractivity (Wildman–Crippen MR) is 113 cm³/mol. The fourth-order valence-corrected chi connectivity index (χ4v) is 3.26. The maximum Gasteiger partial charge on any atom is 0.273 e. The van der Waals surface area contributed by atoms with Gasteiger partial charge in [0, 0.05) is 17.4 Å². The van der Waals surface area contributed by atoms with Gasteiger partial charge in [0.2, 0.25) is 5.91 Å². The molecule has 6 heteroatoms. The molecule has 0 saturated carbocycles. The van der Waals surface area contributed by atoms with Gasteiger partial charge in [-0.1, -0.05) is 72.3 Å². The van der Waals surface area contributed by atoms with Gasteiger partial charge in [0.15, 0.2) is 0 Å². The van der Waals surface area contributed by atoms with Gasteiger partial charge in [0.1, 0.15) is 5.75 Å². The van der Waals surface area contributed by atoms with Crippen molar-refractivity contribution in [2.75, 3.05) is 7.11 Å². The fourth-order valence-electron chi connectivity index (χ4n) is 3.09. The van der Waals surface area contributed by atoms with Gasteiger partial charge < -0.3 is 4.74 Å². The van der Waals surface area contributed by atoms with Gasteiger partial charge >= 0.3 is 0 Å². The summed E-state index contributed by atoms with van der Waals surface area (Å²) in [5.74, 6) is -0.576. The molecule has 0 aliphatic carbocycles. The average molecular weight is 409 g/mol. The highest BCUT2D eigenvalue weighted by Gasteiger charge is 2.19. The lowest BCUT2D eigenvalue weighted by molar-refractivity contribution is -0.122.